The Hall–Kier alpha value is -1.58. The molecule has 0 saturated carbocycles. The highest BCUT2D eigenvalue weighted by atomic mass is 15.6. The van der Waals surface area contributed by atoms with E-state index in [4.69, 9.17) is 0 Å². The normalized spacial score (nSPS) is 15.8. The molecule has 1 aromatic heterocycles. The predicted octanol–water partition coefficient (Wildman–Crippen LogP) is 0.782. The van der Waals surface area contributed by atoms with Gasteiger partial charge in [0.25, 0.3) is 0 Å². The van der Waals surface area contributed by atoms with Crippen LogP contribution < -0.4 is 10.4 Å². The van der Waals surface area contributed by atoms with E-state index in [0.29, 0.717) is 6.67 Å². The molecule has 0 radical (unpaired) electrons. The molecule has 0 aliphatic carbocycles. The third-order valence-corrected chi connectivity index (χ3v) is 1.67. The van der Waals surface area contributed by atoms with Crippen molar-refractivity contribution in [2.24, 2.45) is 4.99 Å². The number of amidine groups is 1. The lowest BCUT2D eigenvalue weighted by Crippen LogP contribution is -2.35. The van der Waals surface area contributed by atoms with Gasteiger partial charge in [0.15, 0.2) is 0 Å². The number of rotatable bonds is 1. The molecule has 12 heavy (non-hydrogen) atoms. The van der Waals surface area contributed by atoms with Crippen molar-refractivity contribution < 1.29 is 0 Å². The number of pyridine rings is 1. The SMILES string of the molecule is CC1=NCN(c2ccccn2)N1. The van der Waals surface area contributed by atoms with E-state index in [1.54, 1.807) is 6.20 Å². The zero-order valence-corrected chi connectivity index (χ0v) is 6.86. The van der Waals surface area contributed by atoms with Crippen molar-refractivity contribution in [1.29, 1.82) is 0 Å². The fraction of sp³-hybridized carbons (Fsp3) is 0.250. The number of nitrogens with zero attached hydrogens (tertiary/aromatic N) is 3. The Kier molecular flexibility index (Phi) is 1.66. The minimum atomic E-state index is 0.642. The van der Waals surface area contributed by atoms with Crippen LogP contribution in [-0.4, -0.2) is 17.5 Å². The van der Waals surface area contributed by atoms with E-state index < -0.39 is 0 Å². The van der Waals surface area contributed by atoms with Crippen LogP contribution in [0.15, 0.2) is 29.4 Å². The molecule has 2 heterocycles. The summed E-state index contributed by atoms with van der Waals surface area (Å²) in [6, 6.07) is 5.80. The van der Waals surface area contributed by atoms with Gasteiger partial charge < -0.3 is 0 Å². The Morgan fingerprint density at radius 1 is 1.50 bits per heavy atom. The van der Waals surface area contributed by atoms with Gasteiger partial charge in [-0.15, -0.1) is 0 Å². The van der Waals surface area contributed by atoms with Gasteiger partial charge in [-0.2, -0.15) is 0 Å². The lowest BCUT2D eigenvalue weighted by molar-refractivity contribution is 0.820. The zero-order chi connectivity index (χ0) is 8.39. The lowest BCUT2D eigenvalue weighted by Gasteiger charge is -2.15. The van der Waals surface area contributed by atoms with Crippen molar-refractivity contribution in [3.63, 3.8) is 0 Å². The van der Waals surface area contributed by atoms with Crippen LogP contribution in [0, 0.1) is 0 Å². The number of nitrogens with one attached hydrogen (secondary N) is 1. The monoisotopic (exact) mass is 162 g/mol. The molecule has 0 amide bonds. The Bertz CT molecular complexity index is 293. The van der Waals surface area contributed by atoms with Gasteiger partial charge in [-0.25, -0.2) is 15.0 Å². The second-order valence-corrected chi connectivity index (χ2v) is 2.61. The van der Waals surface area contributed by atoms with Crippen LogP contribution in [0.5, 0.6) is 0 Å². The van der Waals surface area contributed by atoms with Crippen LogP contribution in [-0.2, 0) is 0 Å². The minimum Gasteiger partial charge on any atom is -0.283 e. The molecule has 4 heteroatoms. The molecule has 0 fully saturated rings. The molecule has 2 rings (SSSR count). The van der Waals surface area contributed by atoms with Crippen LogP contribution in [0.2, 0.25) is 0 Å². The van der Waals surface area contributed by atoms with Gasteiger partial charge in [0, 0.05) is 6.20 Å². The predicted molar refractivity (Wildman–Crippen MR) is 47.8 cm³/mol. The molecule has 0 aromatic carbocycles. The summed E-state index contributed by atoms with van der Waals surface area (Å²) in [6.07, 6.45) is 1.77. The molecular weight excluding hydrogens is 152 g/mol. The number of anilines is 1. The Labute approximate surface area is 70.9 Å². The van der Waals surface area contributed by atoms with Gasteiger partial charge in [0.05, 0.1) is 0 Å². The first-order chi connectivity index (χ1) is 5.86. The van der Waals surface area contributed by atoms with E-state index in [0.717, 1.165) is 11.7 Å². The average molecular weight is 162 g/mol. The summed E-state index contributed by atoms with van der Waals surface area (Å²) in [5.74, 6) is 1.83. The Balaban J connectivity index is 2.14. The highest BCUT2D eigenvalue weighted by Gasteiger charge is 2.11. The largest absolute Gasteiger partial charge is 0.283 e. The summed E-state index contributed by atoms with van der Waals surface area (Å²) in [4.78, 5) is 8.37. The van der Waals surface area contributed by atoms with E-state index >= 15 is 0 Å². The fourth-order valence-corrected chi connectivity index (χ4v) is 1.09. The summed E-state index contributed by atoms with van der Waals surface area (Å²) in [5, 5.41) is 1.90. The topological polar surface area (TPSA) is 40.5 Å². The van der Waals surface area contributed by atoms with Gasteiger partial charge in [-0.1, -0.05) is 6.07 Å². The first-order valence-electron chi connectivity index (χ1n) is 3.82. The van der Waals surface area contributed by atoms with Gasteiger partial charge in [-0.05, 0) is 19.1 Å². The van der Waals surface area contributed by atoms with Crippen molar-refractivity contribution in [2.45, 2.75) is 6.92 Å². The summed E-state index contributed by atoms with van der Waals surface area (Å²) in [5.41, 5.74) is 3.09. The molecule has 1 aliphatic heterocycles. The maximum atomic E-state index is 4.19. The first kappa shape index (κ1) is 7.09. The second-order valence-electron chi connectivity index (χ2n) is 2.61. The summed E-state index contributed by atoms with van der Waals surface area (Å²) < 4.78 is 0. The third-order valence-electron chi connectivity index (χ3n) is 1.67. The average Bonchev–Trinajstić information content (AvgIpc) is 2.54. The summed E-state index contributed by atoms with van der Waals surface area (Å²) in [7, 11) is 0. The van der Waals surface area contributed by atoms with Crippen LogP contribution in [0.4, 0.5) is 5.82 Å². The summed E-state index contributed by atoms with van der Waals surface area (Å²) in [6.45, 7) is 2.58. The highest BCUT2D eigenvalue weighted by Crippen LogP contribution is 2.08. The Morgan fingerprint density at radius 3 is 3.00 bits per heavy atom. The molecular formula is C8H10N4. The highest BCUT2D eigenvalue weighted by molar-refractivity contribution is 5.83. The first-order valence-corrected chi connectivity index (χ1v) is 3.82. The molecule has 4 nitrogen and oxygen atoms in total. The van der Waals surface area contributed by atoms with Gasteiger partial charge in [0.1, 0.15) is 18.3 Å². The molecule has 1 aliphatic rings. The fourth-order valence-electron chi connectivity index (χ4n) is 1.09. The van der Waals surface area contributed by atoms with Crippen molar-refractivity contribution in [1.82, 2.24) is 10.4 Å². The van der Waals surface area contributed by atoms with Gasteiger partial charge in [0.2, 0.25) is 0 Å². The molecule has 62 valence electrons. The van der Waals surface area contributed by atoms with Gasteiger partial charge >= 0.3 is 0 Å². The second kappa shape index (κ2) is 2.81. The molecule has 1 aromatic rings. The van der Waals surface area contributed by atoms with Crippen molar-refractivity contribution in [3.8, 4) is 0 Å². The third kappa shape index (κ3) is 1.23. The molecule has 0 saturated heterocycles. The molecule has 0 spiro atoms. The maximum Gasteiger partial charge on any atom is 0.148 e. The summed E-state index contributed by atoms with van der Waals surface area (Å²) >= 11 is 0. The smallest absolute Gasteiger partial charge is 0.148 e. The number of hydrazine groups is 1. The Morgan fingerprint density at radius 2 is 2.42 bits per heavy atom. The van der Waals surface area contributed by atoms with E-state index in [2.05, 4.69) is 15.4 Å². The van der Waals surface area contributed by atoms with E-state index in [1.165, 1.54) is 0 Å². The number of hydrogen-bond donors (Lipinski definition) is 1. The standard InChI is InChI=1S/C8H10N4/c1-7-10-6-12(11-7)8-4-2-3-5-9-8/h2-5H,6H2,1H3,(H,10,11). The number of aliphatic imine (C=N–C) groups is 1. The molecule has 0 bridgehead atoms. The maximum absolute atomic E-state index is 4.19. The molecule has 0 atom stereocenters. The van der Waals surface area contributed by atoms with Crippen LogP contribution in [0.25, 0.3) is 0 Å². The van der Waals surface area contributed by atoms with Gasteiger partial charge in [-0.3, -0.25) is 5.43 Å². The van der Waals surface area contributed by atoms with E-state index in [1.807, 2.05) is 30.1 Å². The quantitative estimate of drug-likeness (QED) is 0.663. The minimum absolute atomic E-state index is 0.642. The van der Waals surface area contributed by atoms with E-state index in [9.17, 15) is 0 Å². The molecule has 1 N–H and O–H groups in total. The van der Waals surface area contributed by atoms with Crippen LogP contribution >= 0.6 is 0 Å². The number of aromatic nitrogens is 1. The zero-order valence-electron chi connectivity index (χ0n) is 6.86. The van der Waals surface area contributed by atoms with Crippen molar-refractivity contribution in [3.05, 3.63) is 24.4 Å². The lowest BCUT2D eigenvalue weighted by atomic mass is 10.4. The van der Waals surface area contributed by atoms with Crippen molar-refractivity contribution in [2.75, 3.05) is 11.7 Å². The van der Waals surface area contributed by atoms with Crippen LogP contribution in [0.1, 0.15) is 6.92 Å². The van der Waals surface area contributed by atoms with Crippen molar-refractivity contribution >= 4 is 11.7 Å². The van der Waals surface area contributed by atoms with E-state index in [-0.39, 0.29) is 0 Å². The van der Waals surface area contributed by atoms with Crippen LogP contribution in [0.3, 0.4) is 0 Å². The molecule has 0 unspecified atom stereocenters. The number of hydrogen-bond acceptors (Lipinski definition) is 4.